The van der Waals surface area contributed by atoms with Crippen LogP contribution in [-0.2, 0) is 0 Å². The van der Waals surface area contributed by atoms with Crippen LogP contribution in [0.5, 0.6) is 0 Å². The van der Waals surface area contributed by atoms with Crippen molar-refractivity contribution in [2.75, 3.05) is 20.7 Å². The van der Waals surface area contributed by atoms with Crippen molar-refractivity contribution >= 4 is 6.72 Å². The molecule has 0 fully saturated rings. The Morgan fingerprint density at radius 1 is 1.46 bits per heavy atom. The molecule has 2 N–H and O–H groups in total. The molecule has 0 aromatic heterocycles. The van der Waals surface area contributed by atoms with Gasteiger partial charge in [-0.25, -0.2) is 0 Å². The van der Waals surface area contributed by atoms with Gasteiger partial charge in [-0.1, -0.05) is 0 Å². The van der Waals surface area contributed by atoms with Gasteiger partial charge in [-0.3, -0.25) is 4.99 Å². The summed E-state index contributed by atoms with van der Waals surface area (Å²) in [6.45, 7) is 7.20. The van der Waals surface area contributed by atoms with Gasteiger partial charge in [0, 0.05) is 6.20 Å². The molecule has 0 unspecified atom stereocenters. The van der Waals surface area contributed by atoms with Crippen molar-refractivity contribution < 1.29 is 5.11 Å². The normalized spacial score (nSPS) is 11.8. The maximum atomic E-state index is 8.67. The van der Waals surface area contributed by atoms with Crippen LogP contribution in [0, 0.1) is 0 Å². The summed E-state index contributed by atoms with van der Waals surface area (Å²) in [4.78, 5) is 3.55. The molecule has 0 saturated heterocycles. The van der Waals surface area contributed by atoms with Gasteiger partial charge in [-0.05, 0) is 51.9 Å². The zero-order valence-electron chi connectivity index (χ0n) is 8.96. The van der Waals surface area contributed by atoms with E-state index in [0.29, 0.717) is 0 Å². The lowest BCUT2D eigenvalue weighted by Crippen LogP contribution is -1.89. The summed E-state index contributed by atoms with van der Waals surface area (Å²) in [5.74, 6) is 0. The Labute approximate surface area is 80.9 Å². The third-order valence-electron chi connectivity index (χ3n) is 1.34. The summed E-state index contributed by atoms with van der Waals surface area (Å²) < 4.78 is 0. The monoisotopic (exact) mass is 184 g/mol. The fourth-order valence-electron chi connectivity index (χ4n) is 0.431. The number of aliphatic hydroxyl groups is 1. The Hall–Kier alpha value is -0.930. The molecule has 0 aromatic carbocycles. The first-order valence-electron chi connectivity index (χ1n) is 4.12. The molecule has 0 amide bonds. The van der Waals surface area contributed by atoms with Crippen LogP contribution in [0.1, 0.15) is 13.8 Å². The molecule has 0 spiro atoms. The van der Waals surface area contributed by atoms with Gasteiger partial charge in [0.05, 0.1) is 6.61 Å². The van der Waals surface area contributed by atoms with Crippen molar-refractivity contribution in [1.82, 2.24) is 5.32 Å². The SMILES string of the molecule is C=N/C=C\C(C)=C(/C)CO.CNC. The predicted octanol–water partition coefficient (Wildman–Crippen LogP) is 1.36. The van der Waals surface area contributed by atoms with Gasteiger partial charge in [0.2, 0.25) is 0 Å². The van der Waals surface area contributed by atoms with Crippen LogP contribution in [0.3, 0.4) is 0 Å². The first-order valence-corrected chi connectivity index (χ1v) is 4.12. The van der Waals surface area contributed by atoms with E-state index in [9.17, 15) is 0 Å². The van der Waals surface area contributed by atoms with E-state index in [4.69, 9.17) is 5.11 Å². The number of nitrogens with one attached hydrogen (secondary N) is 1. The Bertz CT molecular complexity index is 183. The Balaban J connectivity index is 0. The fourth-order valence-corrected chi connectivity index (χ4v) is 0.431. The summed E-state index contributed by atoms with van der Waals surface area (Å²) in [7, 11) is 3.75. The van der Waals surface area contributed by atoms with Crippen LogP contribution in [-0.4, -0.2) is 32.5 Å². The quantitative estimate of drug-likeness (QED) is 0.514. The average molecular weight is 184 g/mol. The highest BCUT2D eigenvalue weighted by Gasteiger charge is 1.88. The van der Waals surface area contributed by atoms with E-state index in [2.05, 4.69) is 17.0 Å². The number of hydrogen-bond acceptors (Lipinski definition) is 3. The number of rotatable bonds is 3. The predicted molar refractivity (Wildman–Crippen MR) is 59.1 cm³/mol. The van der Waals surface area contributed by atoms with Crippen molar-refractivity contribution in [2.24, 2.45) is 4.99 Å². The highest BCUT2D eigenvalue weighted by molar-refractivity contribution is 5.28. The first-order chi connectivity index (χ1) is 6.13. The number of aliphatic hydroxyl groups excluding tert-OH is 1. The highest BCUT2D eigenvalue weighted by atomic mass is 16.3. The van der Waals surface area contributed by atoms with E-state index in [-0.39, 0.29) is 6.61 Å². The summed E-state index contributed by atoms with van der Waals surface area (Å²) >= 11 is 0. The van der Waals surface area contributed by atoms with E-state index in [0.717, 1.165) is 11.1 Å². The zero-order chi connectivity index (χ0) is 10.7. The molecule has 13 heavy (non-hydrogen) atoms. The number of aliphatic imine (C=N–C) groups is 1. The third-order valence-corrected chi connectivity index (χ3v) is 1.34. The molecule has 0 aliphatic carbocycles. The van der Waals surface area contributed by atoms with E-state index < -0.39 is 0 Å². The van der Waals surface area contributed by atoms with Crippen LogP contribution in [0.2, 0.25) is 0 Å². The summed E-state index contributed by atoms with van der Waals surface area (Å²) in [5, 5.41) is 11.4. The Morgan fingerprint density at radius 3 is 2.23 bits per heavy atom. The lowest BCUT2D eigenvalue weighted by atomic mass is 10.1. The number of nitrogens with zero attached hydrogens (tertiary/aromatic N) is 1. The molecule has 0 atom stereocenters. The van der Waals surface area contributed by atoms with Crippen molar-refractivity contribution in [3.8, 4) is 0 Å². The van der Waals surface area contributed by atoms with Crippen molar-refractivity contribution in [3.63, 3.8) is 0 Å². The second-order valence-electron chi connectivity index (χ2n) is 2.62. The molecule has 0 saturated carbocycles. The number of hydrogen-bond donors (Lipinski definition) is 2. The Morgan fingerprint density at radius 2 is 1.92 bits per heavy atom. The van der Waals surface area contributed by atoms with Crippen molar-refractivity contribution in [2.45, 2.75) is 13.8 Å². The molecule has 0 aliphatic rings. The van der Waals surface area contributed by atoms with Crippen LogP contribution in [0.15, 0.2) is 28.4 Å². The van der Waals surface area contributed by atoms with Gasteiger partial charge >= 0.3 is 0 Å². The molecule has 0 aliphatic heterocycles. The molecule has 0 rings (SSSR count). The minimum absolute atomic E-state index is 0.104. The molecular weight excluding hydrogens is 164 g/mol. The van der Waals surface area contributed by atoms with Crippen LogP contribution < -0.4 is 5.32 Å². The summed E-state index contributed by atoms with van der Waals surface area (Å²) in [5.41, 5.74) is 2.00. The third kappa shape index (κ3) is 11.1. The van der Waals surface area contributed by atoms with Crippen molar-refractivity contribution in [1.29, 1.82) is 0 Å². The molecule has 0 aromatic rings. The van der Waals surface area contributed by atoms with Gasteiger partial charge < -0.3 is 10.4 Å². The Kier molecular flexibility index (Phi) is 12.4. The van der Waals surface area contributed by atoms with Crippen LogP contribution in [0.25, 0.3) is 0 Å². The van der Waals surface area contributed by atoms with Gasteiger partial charge in [0.15, 0.2) is 0 Å². The molecule has 0 bridgehead atoms. The van der Waals surface area contributed by atoms with Gasteiger partial charge in [-0.15, -0.1) is 0 Å². The second-order valence-corrected chi connectivity index (χ2v) is 2.62. The van der Waals surface area contributed by atoms with Gasteiger partial charge in [0.1, 0.15) is 0 Å². The average Bonchev–Trinajstić information content (AvgIpc) is 2.14. The van der Waals surface area contributed by atoms with Gasteiger partial charge in [0.25, 0.3) is 0 Å². The fraction of sp³-hybridized carbons (Fsp3) is 0.500. The maximum Gasteiger partial charge on any atom is 0.0644 e. The highest BCUT2D eigenvalue weighted by Crippen LogP contribution is 2.02. The molecular formula is C10H20N2O. The first kappa shape index (κ1) is 14.6. The largest absolute Gasteiger partial charge is 0.392 e. The van der Waals surface area contributed by atoms with Crippen LogP contribution in [0.4, 0.5) is 0 Å². The minimum atomic E-state index is 0.104. The number of allylic oxidation sites excluding steroid dienone is 2. The van der Waals surface area contributed by atoms with Gasteiger partial charge in [-0.2, -0.15) is 0 Å². The standard InChI is InChI=1S/C8H13NO.C2H7N/c1-7(4-5-9-3)8(2)6-10;1-3-2/h4-5,10H,3,6H2,1-2H3;3H,1-2H3/b5-4-,8-7+;. The lowest BCUT2D eigenvalue weighted by Gasteiger charge is -1.96. The topological polar surface area (TPSA) is 44.6 Å². The minimum Gasteiger partial charge on any atom is -0.392 e. The zero-order valence-corrected chi connectivity index (χ0v) is 8.96. The summed E-state index contributed by atoms with van der Waals surface area (Å²) in [6, 6.07) is 0. The maximum absolute atomic E-state index is 8.67. The lowest BCUT2D eigenvalue weighted by molar-refractivity contribution is 0.330. The van der Waals surface area contributed by atoms with E-state index >= 15 is 0 Å². The molecule has 0 heterocycles. The molecule has 76 valence electrons. The van der Waals surface area contributed by atoms with E-state index in [1.165, 1.54) is 0 Å². The van der Waals surface area contributed by atoms with Crippen LogP contribution >= 0.6 is 0 Å². The molecule has 0 radical (unpaired) electrons. The van der Waals surface area contributed by atoms with E-state index in [1.54, 1.807) is 6.20 Å². The smallest absolute Gasteiger partial charge is 0.0644 e. The van der Waals surface area contributed by atoms with Crippen molar-refractivity contribution in [3.05, 3.63) is 23.4 Å². The molecule has 3 heteroatoms. The molecule has 3 nitrogen and oxygen atoms in total. The second kappa shape index (κ2) is 11.1. The van der Waals surface area contributed by atoms with E-state index in [1.807, 2.05) is 34.0 Å². The summed E-state index contributed by atoms with van der Waals surface area (Å²) in [6.07, 6.45) is 3.42.